The van der Waals surface area contributed by atoms with Gasteiger partial charge in [0, 0.05) is 28.7 Å². The van der Waals surface area contributed by atoms with Gasteiger partial charge in [0.2, 0.25) is 0 Å². The Labute approximate surface area is 180 Å². The van der Waals surface area contributed by atoms with Crippen LogP contribution in [0.25, 0.3) is 0 Å². The number of anilines is 2. The van der Waals surface area contributed by atoms with E-state index in [0.717, 1.165) is 0 Å². The monoisotopic (exact) mass is 458 g/mol. The van der Waals surface area contributed by atoms with Gasteiger partial charge in [-0.2, -0.15) is 8.42 Å². The second-order valence-electron chi connectivity index (χ2n) is 7.01. The van der Waals surface area contributed by atoms with Gasteiger partial charge in [-0.3, -0.25) is 4.55 Å². The van der Waals surface area contributed by atoms with Crippen LogP contribution in [0.15, 0.2) is 58.3 Å². The van der Waals surface area contributed by atoms with Crippen molar-refractivity contribution < 1.29 is 31.8 Å². The highest BCUT2D eigenvalue weighted by Gasteiger charge is 2.55. The molecule has 11 heteroatoms. The van der Waals surface area contributed by atoms with Gasteiger partial charge in [-0.05, 0) is 30.3 Å². The fourth-order valence-corrected chi connectivity index (χ4v) is 5.30. The molecule has 0 bridgehead atoms. The topological polar surface area (TPSA) is 162 Å². The second-order valence-corrected chi connectivity index (χ2v) is 8.96. The average Bonchev–Trinajstić information content (AvgIpc) is 3.00. The molecule has 158 valence electrons. The SMILES string of the molecule is Nc1ccc2c(c1SO)Oc1c(ccc(N)c1S(=O)(=O)O)C21OC(=O)c2ccccc21. The molecule has 9 nitrogen and oxygen atoms in total. The third kappa shape index (κ3) is 2.51. The summed E-state index contributed by atoms with van der Waals surface area (Å²) in [4.78, 5) is 12.2. The number of carbonyl (C=O) groups is 1. The van der Waals surface area contributed by atoms with Crippen molar-refractivity contribution in [1.82, 2.24) is 0 Å². The number of benzene rings is 3. The lowest BCUT2D eigenvalue weighted by atomic mass is 9.77. The fourth-order valence-electron chi connectivity index (χ4n) is 4.14. The van der Waals surface area contributed by atoms with Crippen molar-refractivity contribution in [2.45, 2.75) is 15.4 Å². The number of hydrogen-bond acceptors (Lipinski definition) is 9. The van der Waals surface area contributed by atoms with Crippen LogP contribution in [0.5, 0.6) is 11.5 Å². The van der Waals surface area contributed by atoms with Crippen molar-refractivity contribution in [2.24, 2.45) is 0 Å². The largest absolute Gasteiger partial charge is 0.454 e. The lowest BCUT2D eigenvalue weighted by Crippen LogP contribution is -2.34. The van der Waals surface area contributed by atoms with Gasteiger partial charge in [0.1, 0.15) is 4.90 Å². The molecule has 0 saturated heterocycles. The first-order valence-corrected chi connectivity index (χ1v) is 11.1. The number of fused-ring (bicyclic) bond motifs is 6. The Bertz CT molecular complexity index is 1400. The van der Waals surface area contributed by atoms with Gasteiger partial charge in [-0.25, -0.2) is 4.79 Å². The van der Waals surface area contributed by atoms with E-state index in [9.17, 15) is 22.3 Å². The molecule has 31 heavy (non-hydrogen) atoms. The lowest BCUT2D eigenvalue weighted by molar-refractivity contribution is 0.0221. The van der Waals surface area contributed by atoms with Gasteiger partial charge in [0.05, 0.1) is 16.9 Å². The predicted molar refractivity (Wildman–Crippen MR) is 112 cm³/mol. The van der Waals surface area contributed by atoms with E-state index in [1.807, 2.05) is 0 Å². The summed E-state index contributed by atoms with van der Waals surface area (Å²) in [6.07, 6.45) is 0. The molecule has 1 unspecified atom stereocenters. The average molecular weight is 458 g/mol. The van der Waals surface area contributed by atoms with Crippen LogP contribution in [0, 0.1) is 0 Å². The molecule has 0 saturated carbocycles. The summed E-state index contributed by atoms with van der Waals surface area (Å²) in [6.45, 7) is 0. The Morgan fingerprint density at radius 2 is 1.55 bits per heavy atom. The number of nitrogens with two attached hydrogens (primary N) is 2. The zero-order chi connectivity index (χ0) is 22.1. The molecule has 3 aromatic carbocycles. The molecule has 1 spiro atoms. The Morgan fingerprint density at radius 1 is 0.903 bits per heavy atom. The molecule has 0 aromatic heterocycles. The van der Waals surface area contributed by atoms with Crippen LogP contribution >= 0.6 is 12.0 Å². The standard InChI is InChI=1S/C20H14N2O7S2/c21-13-7-5-11-15(17(13)30-24)28-16-12(6-8-14(22)18(16)31(25,26)27)20(11)10-4-2-1-3-9(10)19(23)29-20/h1-8,24H,21-22H2,(H,25,26,27). The summed E-state index contributed by atoms with van der Waals surface area (Å²) in [6, 6.07) is 12.5. The first kappa shape index (κ1) is 19.7. The molecule has 3 aromatic rings. The molecule has 5 rings (SSSR count). The van der Waals surface area contributed by atoms with Crippen LogP contribution in [0.3, 0.4) is 0 Å². The Kier molecular flexibility index (Phi) is 4.05. The van der Waals surface area contributed by atoms with E-state index in [4.69, 9.17) is 20.9 Å². The van der Waals surface area contributed by atoms with E-state index in [-0.39, 0.29) is 38.9 Å². The normalized spacial score (nSPS) is 18.7. The maximum absolute atomic E-state index is 12.8. The molecule has 6 N–H and O–H groups in total. The summed E-state index contributed by atoms with van der Waals surface area (Å²) in [7, 11) is -4.84. The van der Waals surface area contributed by atoms with Gasteiger partial charge >= 0.3 is 5.97 Å². The minimum Gasteiger partial charge on any atom is -0.454 e. The van der Waals surface area contributed by atoms with Crippen LogP contribution in [-0.4, -0.2) is 23.5 Å². The highest BCUT2D eigenvalue weighted by molar-refractivity contribution is 7.94. The minimum absolute atomic E-state index is 0.0139. The number of rotatable bonds is 2. The third-order valence-electron chi connectivity index (χ3n) is 5.37. The van der Waals surface area contributed by atoms with Gasteiger partial charge in [-0.15, -0.1) is 0 Å². The molecule has 2 aliphatic rings. The molecule has 0 radical (unpaired) electrons. The van der Waals surface area contributed by atoms with Crippen molar-refractivity contribution in [3.05, 3.63) is 70.8 Å². The first-order chi connectivity index (χ1) is 14.7. The van der Waals surface area contributed by atoms with Crippen LogP contribution in [-0.2, 0) is 20.5 Å². The second kappa shape index (κ2) is 6.37. The smallest absolute Gasteiger partial charge is 0.340 e. The molecule has 0 aliphatic carbocycles. The van der Waals surface area contributed by atoms with E-state index in [1.54, 1.807) is 30.3 Å². The van der Waals surface area contributed by atoms with Gasteiger partial charge in [0.25, 0.3) is 10.1 Å². The summed E-state index contributed by atoms with van der Waals surface area (Å²) >= 11 is 0.293. The van der Waals surface area contributed by atoms with E-state index in [2.05, 4.69) is 0 Å². The quantitative estimate of drug-likeness (QED) is 0.194. The van der Waals surface area contributed by atoms with Gasteiger partial charge in [-0.1, -0.05) is 18.2 Å². The van der Waals surface area contributed by atoms with Gasteiger partial charge < -0.3 is 25.5 Å². The lowest BCUT2D eigenvalue weighted by Gasteiger charge is -2.37. The maximum Gasteiger partial charge on any atom is 0.340 e. The van der Waals surface area contributed by atoms with Crippen LogP contribution in [0.1, 0.15) is 27.0 Å². The van der Waals surface area contributed by atoms with E-state index in [1.165, 1.54) is 18.2 Å². The highest BCUT2D eigenvalue weighted by atomic mass is 32.2. The van der Waals surface area contributed by atoms with Crippen LogP contribution in [0.2, 0.25) is 0 Å². The summed E-state index contributed by atoms with van der Waals surface area (Å²) in [5.41, 5.74) is 11.3. The molecule has 0 amide bonds. The zero-order valence-electron chi connectivity index (χ0n) is 15.5. The summed E-state index contributed by atoms with van der Waals surface area (Å²) in [5, 5.41) is 0. The predicted octanol–water partition coefficient (Wildman–Crippen LogP) is 3.23. The fraction of sp³-hybridized carbons (Fsp3) is 0.0500. The van der Waals surface area contributed by atoms with Crippen molar-refractivity contribution >= 4 is 39.5 Å². The molecular formula is C20H14N2O7S2. The first-order valence-electron chi connectivity index (χ1n) is 8.85. The van der Waals surface area contributed by atoms with E-state index < -0.39 is 26.6 Å². The Hall–Kier alpha value is -3.25. The van der Waals surface area contributed by atoms with Crippen LogP contribution < -0.4 is 16.2 Å². The summed E-state index contributed by atoms with van der Waals surface area (Å²) < 4.78 is 55.8. The van der Waals surface area contributed by atoms with Gasteiger partial charge in [0.15, 0.2) is 22.0 Å². The Morgan fingerprint density at radius 3 is 2.23 bits per heavy atom. The third-order valence-corrected chi connectivity index (χ3v) is 6.91. The number of hydrogen-bond donors (Lipinski definition) is 4. The summed E-state index contributed by atoms with van der Waals surface area (Å²) in [5.74, 6) is -0.963. The van der Waals surface area contributed by atoms with Crippen LogP contribution in [0.4, 0.5) is 11.4 Å². The number of carbonyl (C=O) groups excluding carboxylic acids is 1. The molecule has 2 heterocycles. The van der Waals surface area contributed by atoms with E-state index in [0.29, 0.717) is 23.2 Å². The van der Waals surface area contributed by atoms with Crippen molar-refractivity contribution in [2.75, 3.05) is 11.5 Å². The maximum atomic E-state index is 12.8. The van der Waals surface area contributed by atoms with Crippen molar-refractivity contribution in [3.8, 4) is 11.5 Å². The molecule has 2 aliphatic heterocycles. The Balaban J connectivity index is 1.99. The number of esters is 1. The van der Waals surface area contributed by atoms with Crippen molar-refractivity contribution in [3.63, 3.8) is 0 Å². The molecule has 0 fully saturated rings. The van der Waals surface area contributed by atoms with E-state index >= 15 is 0 Å². The zero-order valence-corrected chi connectivity index (χ0v) is 17.2. The highest BCUT2D eigenvalue weighted by Crippen LogP contribution is 2.60. The molecule has 1 atom stereocenters. The molecular weight excluding hydrogens is 444 g/mol. The minimum atomic E-state index is -4.84. The number of ether oxygens (including phenoxy) is 2. The number of nitrogen functional groups attached to an aromatic ring is 2. The van der Waals surface area contributed by atoms with Crippen molar-refractivity contribution in [1.29, 1.82) is 0 Å².